The fraction of sp³-hybridized carbons (Fsp3) is 0.105. The predicted molar refractivity (Wildman–Crippen MR) is 96.9 cm³/mol. The molecule has 3 rings (SSSR count). The van der Waals surface area contributed by atoms with Crippen molar-refractivity contribution in [2.75, 3.05) is 6.26 Å². The number of nitrogens with one attached hydrogen (secondary N) is 1. The van der Waals surface area contributed by atoms with Crippen molar-refractivity contribution in [3.05, 3.63) is 78.2 Å². The molecule has 0 saturated carbocycles. The minimum absolute atomic E-state index is 0.0938. The van der Waals surface area contributed by atoms with Gasteiger partial charge >= 0.3 is 0 Å². The molecule has 2 heterocycles. The van der Waals surface area contributed by atoms with Gasteiger partial charge in [-0.3, -0.25) is 14.8 Å². The molecular weight excluding hydrogens is 318 g/mol. The van der Waals surface area contributed by atoms with Gasteiger partial charge in [-0.05, 0) is 54.3 Å². The number of hydrogen-bond acceptors (Lipinski definition) is 4. The molecule has 24 heavy (non-hydrogen) atoms. The molecule has 3 aromatic rings. The van der Waals surface area contributed by atoms with Crippen LogP contribution in [0.4, 0.5) is 0 Å². The van der Waals surface area contributed by atoms with E-state index in [0.29, 0.717) is 12.1 Å². The molecule has 1 aromatic carbocycles. The number of amides is 1. The summed E-state index contributed by atoms with van der Waals surface area (Å²) >= 11 is 1.65. The van der Waals surface area contributed by atoms with Gasteiger partial charge in [-0.25, -0.2) is 0 Å². The molecule has 0 aliphatic rings. The Balaban J connectivity index is 1.74. The highest BCUT2D eigenvalue weighted by Crippen LogP contribution is 2.20. The first kappa shape index (κ1) is 16.2. The second kappa shape index (κ2) is 7.75. The van der Waals surface area contributed by atoms with E-state index >= 15 is 0 Å². The Labute approximate surface area is 145 Å². The van der Waals surface area contributed by atoms with Crippen LogP contribution in [-0.4, -0.2) is 22.1 Å². The Morgan fingerprint density at radius 1 is 1.08 bits per heavy atom. The maximum Gasteiger partial charge on any atom is 0.251 e. The summed E-state index contributed by atoms with van der Waals surface area (Å²) < 4.78 is 0. The molecule has 0 unspecified atom stereocenters. The monoisotopic (exact) mass is 335 g/mol. The zero-order valence-electron chi connectivity index (χ0n) is 13.3. The first-order valence-electron chi connectivity index (χ1n) is 7.54. The van der Waals surface area contributed by atoms with Crippen LogP contribution in [0.25, 0.3) is 11.3 Å². The molecule has 0 bridgehead atoms. The van der Waals surface area contributed by atoms with E-state index in [4.69, 9.17) is 0 Å². The fourth-order valence-corrected chi connectivity index (χ4v) is 2.77. The van der Waals surface area contributed by atoms with Crippen LogP contribution in [0.5, 0.6) is 0 Å². The molecule has 0 aliphatic carbocycles. The number of aromatic nitrogens is 2. The summed E-state index contributed by atoms with van der Waals surface area (Å²) in [4.78, 5) is 22.0. The smallest absolute Gasteiger partial charge is 0.251 e. The molecule has 1 N–H and O–H groups in total. The lowest BCUT2D eigenvalue weighted by molar-refractivity contribution is 0.0951. The number of hydrogen-bond donors (Lipinski definition) is 1. The van der Waals surface area contributed by atoms with Gasteiger partial charge in [-0.1, -0.05) is 6.07 Å². The first-order valence-corrected chi connectivity index (χ1v) is 8.77. The maximum absolute atomic E-state index is 12.3. The molecule has 0 aliphatic heterocycles. The van der Waals surface area contributed by atoms with Gasteiger partial charge in [0.2, 0.25) is 0 Å². The van der Waals surface area contributed by atoms with E-state index in [0.717, 1.165) is 21.7 Å². The highest BCUT2D eigenvalue weighted by atomic mass is 32.2. The van der Waals surface area contributed by atoms with Crippen LogP contribution >= 0.6 is 11.8 Å². The van der Waals surface area contributed by atoms with Crippen LogP contribution in [-0.2, 0) is 6.54 Å². The van der Waals surface area contributed by atoms with Crippen LogP contribution in [0.1, 0.15) is 15.9 Å². The molecule has 0 fully saturated rings. The number of pyridine rings is 2. The maximum atomic E-state index is 12.3. The number of rotatable bonds is 5. The SMILES string of the molecule is CSc1ccc(C(=O)NCc2cccnc2-c2cccnc2)cc1. The molecule has 4 nitrogen and oxygen atoms in total. The predicted octanol–water partition coefficient (Wildman–Crippen LogP) is 3.80. The molecule has 0 spiro atoms. The highest BCUT2D eigenvalue weighted by molar-refractivity contribution is 7.98. The lowest BCUT2D eigenvalue weighted by Crippen LogP contribution is -2.23. The van der Waals surface area contributed by atoms with Gasteiger partial charge in [-0.15, -0.1) is 11.8 Å². The van der Waals surface area contributed by atoms with Gasteiger partial charge in [0.1, 0.15) is 0 Å². The number of benzene rings is 1. The Hall–Kier alpha value is -2.66. The van der Waals surface area contributed by atoms with E-state index in [1.807, 2.05) is 54.8 Å². The largest absolute Gasteiger partial charge is 0.348 e. The van der Waals surface area contributed by atoms with Crippen molar-refractivity contribution < 1.29 is 4.79 Å². The topological polar surface area (TPSA) is 54.9 Å². The Bertz CT molecular complexity index is 820. The van der Waals surface area contributed by atoms with Crippen molar-refractivity contribution in [1.29, 1.82) is 0 Å². The summed E-state index contributed by atoms with van der Waals surface area (Å²) in [6.45, 7) is 0.418. The third-order valence-electron chi connectivity index (χ3n) is 3.62. The van der Waals surface area contributed by atoms with Crippen molar-refractivity contribution in [3.63, 3.8) is 0 Å². The van der Waals surface area contributed by atoms with Crippen LogP contribution in [0.2, 0.25) is 0 Å². The number of thioether (sulfide) groups is 1. The molecule has 120 valence electrons. The summed E-state index contributed by atoms with van der Waals surface area (Å²) in [5, 5.41) is 2.96. The third kappa shape index (κ3) is 3.81. The van der Waals surface area contributed by atoms with Crippen molar-refractivity contribution in [2.24, 2.45) is 0 Å². The third-order valence-corrected chi connectivity index (χ3v) is 4.36. The van der Waals surface area contributed by atoms with Gasteiger partial charge < -0.3 is 5.32 Å². The Morgan fingerprint density at radius 2 is 1.88 bits per heavy atom. The van der Waals surface area contributed by atoms with Crippen molar-refractivity contribution >= 4 is 17.7 Å². The van der Waals surface area contributed by atoms with Crippen LogP contribution < -0.4 is 5.32 Å². The van der Waals surface area contributed by atoms with E-state index in [-0.39, 0.29) is 5.91 Å². The number of carbonyl (C=O) groups excluding carboxylic acids is 1. The molecule has 1 amide bonds. The van der Waals surface area contributed by atoms with Crippen LogP contribution in [0.15, 0.2) is 72.0 Å². The minimum Gasteiger partial charge on any atom is -0.348 e. The van der Waals surface area contributed by atoms with E-state index in [9.17, 15) is 4.79 Å². The molecule has 5 heteroatoms. The second-order valence-corrected chi connectivity index (χ2v) is 6.04. The quantitative estimate of drug-likeness (QED) is 0.721. The summed E-state index contributed by atoms with van der Waals surface area (Å²) in [5.74, 6) is -0.0938. The first-order chi connectivity index (χ1) is 11.8. The fourth-order valence-electron chi connectivity index (χ4n) is 2.36. The van der Waals surface area contributed by atoms with E-state index < -0.39 is 0 Å². The van der Waals surface area contributed by atoms with E-state index in [1.165, 1.54) is 0 Å². The zero-order valence-corrected chi connectivity index (χ0v) is 14.1. The van der Waals surface area contributed by atoms with Gasteiger partial charge in [0.05, 0.1) is 5.69 Å². The van der Waals surface area contributed by atoms with Crippen molar-refractivity contribution in [1.82, 2.24) is 15.3 Å². The van der Waals surface area contributed by atoms with Crippen molar-refractivity contribution in [2.45, 2.75) is 11.4 Å². The molecule has 0 atom stereocenters. The summed E-state index contributed by atoms with van der Waals surface area (Å²) in [5.41, 5.74) is 3.38. The standard InChI is InChI=1S/C19H17N3OS/c1-24-17-8-6-14(7-9-17)19(23)22-13-16-5-3-11-21-18(16)15-4-2-10-20-12-15/h2-12H,13H2,1H3,(H,22,23). The summed E-state index contributed by atoms with van der Waals surface area (Å²) in [6, 6.07) is 15.2. The number of carbonyl (C=O) groups is 1. The summed E-state index contributed by atoms with van der Waals surface area (Å²) in [7, 11) is 0. The van der Waals surface area contributed by atoms with Crippen LogP contribution in [0, 0.1) is 0 Å². The van der Waals surface area contributed by atoms with E-state index in [1.54, 1.807) is 30.4 Å². The molecule has 0 saturated heterocycles. The average molecular weight is 335 g/mol. The number of nitrogens with zero attached hydrogens (tertiary/aromatic N) is 2. The summed E-state index contributed by atoms with van der Waals surface area (Å²) in [6.07, 6.45) is 7.26. The molecule has 0 radical (unpaired) electrons. The Morgan fingerprint density at radius 3 is 2.58 bits per heavy atom. The Kier molecular flexibility index (Phi) is 5.23. The molecular formula is C19H17N3OS. The second-order valence-electron chi connectivity index (χ2n) is 5.16. The van der Waals surface area contributed by atoms with Gasteiger partial charge in [0.25, 0.3) is 5.91 Å². The average Bonchev–Trinajstić information content (AvgIpc) is 2.67. The van der Waals surface area contributed by atoms with Gasteiger partial charge in [0.15, 0.2) is 0 Å². The van der Waals surface area contributed by atoms with Gasteiger partial charge in [0, 0.05) is 41.2 Å². The minimum atomic E-state index is -0.0938. The van der Waals surface area contributed by atoms with Gasteiger partial charge in [-0.2, -0.15) is 0 Å². The molecule has 2 aromatic heterocycles. The highest BCUT2D eigenvalue weighted by Gasteiger charge is 2.09. The van der Waals surface area contributed by atoms with E-state index in [2.05, 4.69) is 15.3 Å². The normalized spacial score (nSPS) is 10.4. The lowest BCUT2D eigenvalue weighted by atomic mass is 10.1. The van der Waals surface area contributed by atoms with Crippen molar-refractivity contribution in [3.8, 4) is 11.3 Å². The lowest BCUT2D eigenvalue weighted by Gasteiger charge is -2.10. The zero-order chi connectivity index (χ0) is 16.8. The van der Waals surface area contributed by atoms with Crippen LogP contribution in [0.3, 0.4) is 0 Å².